The highest BCUT2D eigenvalue weighted by atomic mass is 35.5. The number of nitrogen functional groups attached to an aromatic ring is 1. The molecule has 0 bridgehead atoms. The smallest absolute Gasteiger partial charge is 0.261 e. The molecule has 4 aromatic rings. The van der Waals surface area contributed by atoms with Gasteiger partial charge in [0.1, 0.15) is 5.82 Å². The van der Waals surface area contributed by atoms with Crippen LogP contribution >= 0.6 is 22.9 Å². The lowest BCUT2D eigenvalue weighted by Crippen LogP contribution is -2.21. The fourth-order valence-electron chi connectivity index (χ4n) is 3.39. The van der Waals surface area contributed by atoms with Crippen LogP contribution in [0.5, 0.6) is 0 Å². The van der Waals surface area contributed by atoms with Crippen LogP contribution in [0.1, 0.15) is 25.7 Å². The second kappa shape index (κ2) is 10.4. The van der Waals surface area contributed by atoms with Crippen LogP contribution in [0.4, 0.5) is 5.82 Å². The number of amides is 1. The van der Waals surface area contributed by atoms with Gasteiger partial charge in [-0.3, -0.25) is 9.00 Å². The van der Waals surface area contributed by atoms with E-state index >= 15 is 0 Å². The Hall–Kier alpha value is -2.78. The normalized spacial score (nSPS) is 12.1. The molecule has 0 saturated carbocycles. The summed E-state index contributed by atoms with van der Waals surface area (Å²) in [6.45, 7) is 1.60. The summed E-state index contributed by atoms with van der Waals surface area (Å²) in [7, 11) is -0.981. The van der Waals surface area contributed by atoms with Crippen molar-refractivity contribution in [2.45, 2.75) is 24.5 Å². The molecule has 0 saturated heterocycles. The Morgan fingerprint density at radius 1 is 1.06 bits per heavy atom. The monoisotopic (exact) mass is 498 g/mol. The summed E-state index contributed by atoms with van der Waals surface area (Å²) < 4.78 is 11.5. The first kappa shape index (κ1) is 23.4. The van der Waals surface area contributed by atoms with Crippen LogP contribution < -0.4 is 16.4 Å². The van der Waals surface area contributed by atoms with Crippen molar-refractivity contribution in [3.8, 4) is 0 Å². The van der Waals surface area contributed by atoms with E-state index in [1.807, 2.05) is 48.5 Å². The first-order valence-electron chi connectivity index (χ1n) is 10.2. The topological polar surface area (TPSA) is 97.1 Å². The Morgan fingerprint density at radius 2 is 1.82 bits per heavy atom. The number of nitrogens with one attached hydrogen (secondary N) is 2. The number of halogens is 1. The van der Waals surface area contributed by atoms with Crippen molar-refractivity contribution in [2.24, 2.45) is 0 Å². The number of fused-ring (bicyclic) bond motifs is 1. The van der Waals surface area contributed by atoms with Crippen molar-refractivity contribution in [1.29, 1.82) is 0 Å². The molecule has 2 aromatic heterocycles. The zero-order chi connectivity index (χ0) is 23.4. The van der Waals surface area contributed by atoms with Crippen LogP contribution in [0.2, 0.25) is 5.02 Å². The molecule has 0 fully saturated rings. The molecule has 0 radical (unpaired) electrons. The van der Waals surface area contributed by atoms with Crippen LogP contribution in [-0.4, -0.2) is 21.4 Å². The third-order valence-electron chi connectivity index (χ3n) is 5.16. The van der Waals surface area contributed by atoms with Crippen molar-refractivity contribution in [1.82, 2.24) is 15.6 Å². The zero-order valence-electron chi connectivity index (χ0n) is 17.9. The Labute approximate surface area is 203 Å². The minimum Gasteiger partial charge on any atom is -0.383 e. The lowest BCUT2D eigenvalue weighted by molar-refractivity contribution is 0.0955. The summed E-state index contributed by atoms with van der Waals surface area (Å²) in [4.78, 5) is 19.0. The van der Waals surface area contributed by atoms with Gasteiger partial charge in [0.25, 0.3) is 5.91 Å². The number of nitrogens with zero attached hydrogens (tertiary/aromatic N) is 1. The number of nitrogens with two attached hydrogens (primary N) is 1. The lowest BCUT2D eigenvalue weighted by atomic mass is 10.1. The average molecular weight is 499 g/mol. The zero-order valence-corrected chi connectivity index (χ0v) is 20.3. The maximum Gasteiger partial charge on any atom is 0.261 e. The second-order valence-corrected chi connectivity index (χ2v) is 10.4. The molecule has 170 valence electrons. The number of hydrogen-bond acceptors (Lipinski definition) is 6. The number of hydrogen-bond donors (Lipinski definition) is 3. The molecule has 2 heterocycles. The summed E-state index contributed by atoms with van der Waals surface area (Å²) in [6, 6.07) is 17.1. The summed E-state index contributed by atoms with van der Waals surface area (Å²) in [5.41, 5.74) is 7.96. The Kier molecular flexibility index (Phi) is 7.39. The van der Waals surface area contributed by atoms with Gasteiger partial charge in [-0.25, -0.2) is 4.98 Å². The van der Waals surface area contributed by atoms with Crippen molar-refractivity contribution < 1.29 is 9.00 Å². The van der Waals surface area contributed by atoms with E-state index in [1.165, 1.54) is 11.3 Å². The molecule has 9 heteroatoms. The van der Waals surface area contributed by atoms with Crippen LogP contribution in [0.25, 0.3) is 10.8 Å². The van der Waals surface area contributed by atoms with E-state index in [2.05, 4.69) is 15.6 Å². The van der Waals surface area contributed by atoms with Gasteiger partial charge in [-0.05, 0) is 46.8 Å². The van der Waals surface area contributed by atoms with Crippen molar-refractivity contribution >= 4 is 56.2 Å². The van der Waals surface area contributed by atoms with Gasteiger partial charge in [-0.2, -0.15) is 0 Å². The van der Waals surface area contributed by atoms with Gasteiger partial charge >= 0.3 is 0 Å². The fraction of sp³-hybridized carbons (Fsp3) is 0.167. The van der Waals surface area contributed by atoms with E-state index in [-0.39, 0.29) is 5.91 Å². The summed E-state index contributed by atoms with van der Waals surface area (Å²) in [5.74, 6) is 0.331. The van der Waals surface area contributed by atoms with Crippen LogP contribution in [-0.2, 0) is 30.4 Å². The van der Waals surface area contributed by atoms with E-state index in [0.717, 1.165) is 31.7 Å². The largest absolute Gasteiger partial charge is 0.383 e. The lowest BCUT2D eigenvalue weighted by Gasteiger charge is -2.07. The molecule has 33 heavy (non-hydrogen) atoms. The highest BCUT2D eigenvalue weighted by Crippen LogP contribution is 2.27. The van der Waals surface area contributed by atoms with Crippen LogP contribution in [0, 0.1) is 0 Å². The molecular formula is C24H23ClN4O2S2. The highest BCUT2D eigenvalue weighted by molar-refractivity contribution is 7.84. The third kappa shape index (κ3) is 5.78. The predicted molar refractivity (Wildman–Crippen MR) is 136 cm³/mol. The summed E-state index contributed by atoms with van der Waals surface area (Å²) in [6.07, 6.45) is 3.33. The quantitative estimate of drug-likeness (QED) is 0.332. The molecular weight excluding hydrogens is 476 g/mol. The summed E-state index contributed by atoms with van der Waals surface area (Å²) >= 11 is 7.74. The average Bonchev–Trinajstić information content (AvgIpc) is 3.18. The minimum atomic E-state index is -0.981. The number of anilines is 1. The number of thiophene rings is 1. The number of pyridine rings is 1. The number of rotatable bonds is 8. The van der Waals surface area contributed by atoms with Gasteiger partial charge in [-0.1, -0.05) is 35.9 Å². The molecule has 0 aliphatic heterocycles. The molecule has 0 aliphatic rings. The molecule has 2 aromatic carbocycles. The van der Waals surface area contributed by atoms with Gasteiger partial charge in [0, 0.05) is 58.0 Å². The maximum absolute atomic E-state index is 12.6. The molecule has 4 N–H and O–H groups in total. The first-order chi connectivity index (χ1) is 15.9. The van der Waals surface area contributed by atoms with E-state index in [9.17, 15) is 9.00 Å². The molecule has 1 atom stereocenters. The van der Waals surface area contributed by atoms with Gasteiger partial charge in [-0.15, -0.1) is 11.3 Å². The van der Waals surface area contributed by atoms with Crippen LogP contribution in [0.15, 0.2) is 65.7 Å². The fourth-order valence-corrected chi connectivity index (χ4v) is 5.20. The molecule has 6 nitrogen and oxygen atoms in total. The predicted octanol–water partition coefficient (Wildman–Crippen LogP) is 4.49. The van der Waals surface area contributed by atoms with Gasteiger partial charge in [0.05, 0.1) is 9.90 Å². The molecule has 1 amide bonds. The Balaban J connectivity index is 1.32. The number of carbonyl (C=O) groups is 1. The van der Waals surface area contributed by atoms with Gasteiger partial charge < -0.3 is 16.4 Å². The van der Waals surface area contributed by atoms with Crippen molar-refractivity contribution in [3.63, 3.8) is 0 Å². The van der Waals surface area contributed by atoms with E-state index in [1.54, 1.807) is 18.5 Å². The molecule has 1 unspecified atom stereocenters. The first-order valence-corrected chi connectivity index (χ1v) is 13.0. The molecule has 4 rings (SSSR count). The second-order valence-electron chi connectivity index (χ2n) is 7.52. The van der Waals surface area contributed by atoms with Gasteiger partial charge in [0.2, 0.25) is 0 Å². The minimum absolute atomic E-state index is 0.161. The molecule has 0 spiro atoms. The Morgan fingerprint density at radius 3 is 2.58 bits per heavy atom. The standard InChI is InChI=1S/C24H23ClN4O2S2/c1-33(31)18-5-2-15(3-6-18)12-27-14-22-20(25)11-21(32-22)24(30)29-13-16-4-7-19-17(10-16)8-9-28-23(19)26/h2-11,27H,12-14H2,1H3,(H2,26,28)(H,29,30). The Bertz CT molecular complexity index is 1320. The van der Waals surface area contributed by atoms with E-state index in [0.29, 0.717) is 35.4 Å². The number of aromatic nitrogens is 1. The van der Waals surface area contributed by atoms with Crippen LogP contribution in [0.3, 0.4) is 0 Å². The van der Waals surface area contributed by atoms with Gasteiger partial charge in [0.15, 0.2) is 0 Å². The molecule has 0 aliphatic carbocycles. The van der Waals surface area contributed by atoms with Crippen molar-refractivity contribution in [3.05, 3.63) is 86.7 Å². The maximum atomic E-state index is 12.6. The number of benzene rings is 2. The SMILES string of the molecule is CS(=O)c1ccc(CNCc2sc(C(=O)NCc3ccc4c(N)nccc4c3)cc2Cl)cc1. The van der Waals surface area contributed by atoms with E-state index < -0.39 is 10.8 Å². The summed E-state index contributed by atoms with van der Waals surface area (Å²) in [5, 5.41) is 8.75. The highest BCUT2D eigenvalue weighted by Gasteiger charge is 2.14. The number of carbonyl (C=O) groups excluding carboxylic acids is 1. The van der Waals surface area contributed by atoms with Crippen molar-refractivity contribution in [2.75, 3.05) is 12.0 Å². The van der Waals surface area contributed by atoms with E-state index in [4.69, 9.17) is 17.3 Å². The third-order valence-corrected chi connectivity index (χ3v) is 7.68.